The summed E-state index contributed by atoms with van der Waals surface area (Å²) >= 11 is 1.88. The minimum Gasteiger partial charge on any atom is -0.479 e. The normalized spacial score (nSPS) is 20.9. The minimum atomic E-state index is -1.98. The van der Waals surface area contributed by atoms with Crippen LogP contribution >= 0.6 is 22.6 Å². The monoisotopic (exact) mass is 1080 g/mol. The number of benzene rings is 2. The maximum absolute atomic E-state index is 13.5. The first-order valence-corrected chi connectivity index (χ1v) is 24.2. The molecule has 3 aliphatic heterocycles. The van der Waals surface area contributed by atoms with Crippen molar-refractivity contribution >= 4 is 81.6 Å². The molecule has 0 radical (unpaired) electrons. The zero-order valence-electron chi connectivity index (χ0n) is 38.0. The number of carbonyl (C=O) groups is 7. The summed E-state index contributed by atoms with van der Waals surface area (Å²) < 4.78 is 16.6. The van der Waals surface area contributed by atoms with E-state index in [1.54, 1.807) is 53.7 Å². The summed E-state index contributed by atoms with van der Waals surface area (Å²) in [6, 6.07) is 14.2. The molecular formula is C47H57IN8O14. The number of hydrogen-bond donors (Lipinski definition) is 10. The van der Waals surface area contributed by atoms with Crippen LogP contribution in [0.4, 0.5) is 16.2 Å². The Hall–Kier alpha value is -6.25. The molecule has 376 valence electrons. The summed E-state index contributed by atoms with van der Waals surface area (Å²) in [4.78, 5) is 94.4. The van der Waals surface area contributed by atoms with Crippen molar-refractivity contribution in [1.29, 1.82) is 0 Å². The number of pyridine rings is 1. The third-order valence-electron chi connectivity index (χ3n) is 11.9. The van der Waals surface area contributed by atoms with E-state index in [-0.39, 0.29) is 66.2 Å². The average molecular weight is 1080 g/mol. The van der Waals surface area contributed by atoms with Crippen LogP contribution in [0.2, 0.25) is 0 Å². The molecule has 5 atom stereocenters. The smallest absolute Gasteiger partial charge is 0.411 e. The number of unbranched alkanes of at least 4 members (excludes halogenated alkanes) is 1. The number of aliphatic hydroxyl groups excluding tert-OH is 3. The Balaban J connectivity index is 0.990. The van der Waals surface area contributed by atoms with E-state index in [9.17, 15) is 54.0 Å². The number of likely N-dealkylation sites (tertiary alicyclic amines) is 1. The number of amides is 6. The summed E-state index contributed by atoms with van der Waals surface area (Å²) in [6.07, 6.45) is 0.268. The number of nitrogens with zero attached hydrogens (tertiary/aromatic N) is 2. The van der Waals surface area contributed by atoms with Gasteiger partial charge in [-0.25, -0.2) is 9.59 Å². The van der Waals surface area contributed by atoms with Crippen LogP contribution in [0.5, 0.6) is 5.75 Å². The van der Waals surface area contributed by atoms with Crippen LogP contribution in [-0.2, 0) is 40.1 Å². The molecule has 10 N–H and O–H groups in total. The lowest BCUT2D eigenvalue weighted by molar-refractivity contribution is -0.271. The van der Waals surface area contributed by atoms with Crippen LogP contribution in [0.15, 0.2) is 73.1 Å². The van der Waals surface area contributed by atoms with E-state index in [0.29, 0.717) is 42.4 Å². The van der Waals surface area contributed by atoms with E-state index in [1.807, 2.05) is 28.7 Å². The SMILES string of the molecule is O=C(/C=C/c1cccnc1)NCCCCC1CCN(C(=O)c2cccc(NC(=O)OCc3ccc(OC4OC(C(=O)O)C(O)[C@H](O)[C@@H]4O)c(NC(=O)CCNC(=O)C4(NC(=O)CI)CNC4)c3)c2)CC1. The van der Waals surface area contributed by atoms with E-state index < -0.39 is 60.1 Å². The second-order valence-electron chi connectivity index (χ2n) is 17.0. The lowest BCUT2D eigenvalue weighted by atomic mass is 9.91. The van der Waals surface area contributed by atoms with Gasteiger partial charge in [0.15, 0.2) is 6.10 Å². The Morgan fingerprint density at radius 2 is 1.69 bits per heavy atom. The number of carboxylic acid groups (broad SMARTS) is 1. The van der Waals surface area contributed by atoms with Crippen LogP contribution in [-0.4, -0.2) is 152 Å². The van der Waals surface area contributed by atoms with Crippen molar-refractivity contribution in [2.24, 2.45) is 5.92 Å². The number of aliphatic hydroxyl groups is 3. The number of hydrogen-bond acceptors (Lipinski definition) is 15. The summed E-state index contributed by atoms with van der Waals surface area (Å²) in [7, 11) is 0. The summed E-state index contributed by atoms with van der Waals surface area (Å²) in [5.41, 5.74) is 0.644. The molecule has 2 aromatic carbocycles. The van der Waals surface area contributed by atoms with Crippen molar-refractivity contribution in [3.8, 4) is 5.75 Å². The minimum absolute atomic E-state index is 0.0580. The number of halogens is 1. The van der Waals surface area contributed by atoms with Gasteiger partial charge in [-0.15, -0.1) is 0 Å². The van der Waals surface area contributed by atoms with Gasteiger partial charge in [0, 0.05) is 75.4 Å². The van der Waals surface area contributed by atoms with Crippen molar-refractivity contribution in [2.75, 3.05) is 54.3 Å². The van der Waals surface area contributed by atoms with Crippen molar-refractivity contribution in [3.05, 3.63) is 89.8 Å². The van der Waals surface area contributed by atoms with Gasteiger partial charge in [0.25, 0.3) is 5.91 Å². The molecule has 0 spiro atoms. The zero-order chi connectivity index (χ0) is 50.2. The van der Waals surface area contributed by atoms with Gasteiger partial charge in [-0.2, -0.15) is 0 Å². The maximum Gasteiger partial charge on any atom is 0.411 e. The fraction of sp³-hybridized carbons (Fsp3) is 0.447. The van der Waals surface area contributed by atoms with Gasteiger partial charge >= 0.3 is 12.1 Å². The zero-order valence-corrected chi connectivity index (χ0v) is 40.2. The molecular weight excluding hydrogens is 1030 g/mol. The first-order chi connectivity index (χ1) is 33.6. The molecule has 3 aromatic rings. The first kappa shape index (κ1) is 53.1. The molecule has 3 unspecified atom stereocenters. The molecule has 6 rings (SSSR count). The van der Waals surface area contributed by atoms with Crippen molar-refractivity contribution in [1.82, 2.24) is 31.2 Å². The number of anilines is 2. The number of piperidine rings is 1. The third-order valence-corrected chi connectivity index (χ3v) is 12.6. The van der Waals surface area contributed by atoms with Crippen LogP contribution in [0.3, 0.4) is 0 Å². The Labute approximate surface area is 416 Å². The second-order valence-corrected chi connectivity index (χ2v) is 17.8. The number of rotatable bonds is 21. The van der Waals surface area contributed by atoms with Gasteiger partial charge in [0.05, 0.1) is 10.1 Å². The lowest BCUT2D eigenvalue weighted by Crippen LogP contribution is -2.75. The van der Waals surface area contributed by atoms with E-state index in [4.69, 9.17) is 14.2 Å². The highest BCUT2D eigenvalue weighted by molar-refractivity contribution is 14.1. The number of alkyl halides is 1. The fourth-order valence-corrected chi connectivity index (χ4v) is 8.10. The molecule has 3 aliphatic rings. The van der Waals surface area contributed by atoms with Gasteiger partial charge < -0.3 is 66.1 Å². The lowest BCUT2D eigenvalue weighted by Gasteiger charge is -2.41. The predicted octanol–water partition coefficient (Wildman–Crippen LogP) is 1.29. The standard InChI is InChI=1S/C47H57IN8O14/c48-23-37(59)55-47(26-50-27-47)45(66)52-18-13-36(58)54-33-21-30(9-11-34(33)69-44-40(62)38(60)39(61)41(70-44)43(64)65)25-68-46(67)53-32-8-3-7-31(22-32)42(63)56-19-14-28(15-20-56)5-1-2-17-51-35(57)12-10-29-6-4-16-49-24-29/h3-4,6-12,16,21-22,24,28,38-41,44,50,60-62H,1-2,5,13-15,17-20,23,25-27H2,(H,51,57)(H,52,66)(H,53,67)(H,54,58)(H,55,59)(H,64,65)/b12-10+/t38-,39?,40-,41?,44?/m0/s1. The second kappa shape index (κ2) is 25.6. The largest absolute Gasteiger partial charge is 0.479 e. The number of aliphatic carboxylic acids is 1. The van der Waals surface area contributed by atoms with Crippen LogP contribution in [0.25, 0.3) is 6.08 Å². The predicted molar refractivity (Wildman–Crippen MR) is 259 cm³/mol. The Morgan fingerprint density at radius 1 is 0.900 bits per heavy atom. The number of carbonyl (C=O) groups excluding carboxylic acids is 6. The number of aromatic nitrogens is 1. The molecule has 4 heterocycles. The molecule has 0 aliphatic carbocycles. The highest BCUT2D eigenvalue weighted by Crippen LogP contribution is 2.32. The van der Waals surface area contributed by atoms with Gasteiger partial charge in [-0.05, 0) is 78.8 Å². The van der Waals surface area contributed by atoms with E-state index in [0.717, 1.165) is 37.7 Å². The number of ether oxygens (including phenoxy) is 3. The first-order valence-electron chi connectivity index (χ1n) is 22.7. The van der Waals surface area contributed by atoms with Crippen LogP contribution in [0, 0.1) is 5.92 Å². The third kappa shape index (κ3) is 14.9. The van der Waals surface area contributed by atoms with Crippen LogP contribution < -0.4 is 36.6 Å². The van der Waals surface area contributed by atoms with Crippen molar-refractivity contribution in [3.63, 3.8) is 0 Å². The molecule has 1 aromatic heterocycles. The van der Waals surface area contributed by atoms with E-state index in [1.165, 1.54) is 24.3 Å². The molecule has 22 nitrogen and oxygen atoms in total. The summed E-state index contributed by atoms with van der Waals surface area (Å²) in [5, 5.41) is 57.0. The average Bonchev–Trinajstić information content (AvgIpc) is 3.34. The number of carboxylic acids is 1. The Bertz CT molecular complexity index is 2360. The highest BCUT2D eigenvalue weighted by Gasteiger charge is 2.48. The molecule has 3 saturated heterocycles. The Kier molecular flexibility index (Phi) is 19.4. The van der Waals surface area contributed by atoms with Crippen molar-refractivity contribution in [2.45, 2.75) is 81.4 Å². The van der Waals surface area contributed by atoms with Crippen LogP contribution in [0.1, 0.15) is 60.0 Å². The quantitative estimate of drug-likeness (QED) is 0.0311. The van der Waals surface area contributed by atoms with E-state index >= 15 is 0 Å². The van der Waals surface area contributed by atoms with Gasteiger partial charge in [0.1, 0.15) is 36.2 Å². The maximum atomic E-state index is 13.5. The van der Waals surface area contributed by atoms with E-state index in [2.05, 4.69) is 36.9 Å². The van der Waals surface area contributed by atoms with Gasteiger partial charge in [-0.1, -0.05) is 53.6 Å². The summed E-state index contributed by atoms with van der Waals surface area (Å²) in [6.45, 7) is 1.68. The fourth-order valence-electron chi connectivity index (χ4n) is 7.91. The molecule has 0 saturated carbocycles. The van der Waals surface area contributed by atoms with Gasteiger partial charge in [-0.3, -0.25) is 34.3 Å². The molecule has 3 fully saturated rings. The topological polar surface area (TPSA) is 316 Å². The summed E-state index contributed by atoms with van der Waals surface area (Å²) in [5.74, 6) is -3.12. The van der Waals surface area contributed by atoms with Gasteiger partial charge in [0.2, 0.25) is 29.9 Å². The molecule has 23 heteroatoms. The molecule has 0 bridgehead atoms. The molecule has 6 amide bonds. The van der Waals surface area contributed by atoms with Crippen molar-refractivity contribution < 1.29 is 68.2 Å². The molecule has 70 heavy (non-hydrogen) atoms. The Morgan fingerprint density at radius 3 is 2.39 bits per heavy atom. The highest BCUT2D eigenvalue weighted by atomic mass is 127. The number of nitrogens with one attached hydrogen (secondary N) is 6.